The van der Waals surface area contributed by atoms with Crippen LogP contribution in [0.3, 0.4) is 0 Å². The number of rotatable bonds is 1. The highest BCUT2D eigenvalue weighted by atomic mass is 16.2. The van der Waals surface area contributed by atoms with E-state index in [1.165, 1.54) is 19.3 Å². The van der Waals surface area contributed by atoms with Crippen LogP contribution in [0.2, 0.25) is 0 Å². The summed E-state index contributed by atoms with van der Waals surface area (Å²) in [6, 6.07) is 1.08. The number of allylic oxidation sites excluding steroid dienone is 1. The van der Waals surface area contributed by atoms with Crippen molar-refractivity contribution < 1.29 is 9.59 Å². The van der Waals surface area contributed by atoms with Crippen LogP contribution in [0.1, 0.15) is 91.9 Å². The molecule has 5 aliphatic rings. The van der Waals surface area contributed by atoms with Crippen molar-refractivity contribution in [3.05, 3.63) is 11.6 Å². The number of carbonyl (C=O) groups is 2. The number of likely N-dealkylation sites (tertiary alicyclic amines) is 1. The van der Waals surface area contributed by atoms with E-state index in [4.69, 9.17) is 0 Å². The standard InChI is InChI=1S/C26H40N2O2/c1-16-6-5-7-17(2)28(16)24(30)21-10-9-19-18-8-11-22-26(4,15-13-23(29)27-22)20(18)12-14-25(19,21)3/h10,16-20,22H,5-9,11-15H2,1-4H3,(H,27,29)/t16?,17?,18-,19-,20-,22+,25-,26+/m0/s1. The van der Waals surface area contributed by atoms with E-state index < -0.39 is 0 Å². The quantitative estimate of drug-likeness (QED) is 0.670. The molecule has 2 unspecified atom stereocenters. The van der Waals surface area contributed by atoms with Crippen LogP contribution >= 0.6 is 0 Å². The number of amides is 2. The smallest absolute Gasteiger partial charge is 0.250 e. The Labute approximate surface area is 182 Å². The summed E-state index contributed by atoms with van der Waals surface area (Å²) in [6.07, 6.45) is 13.3. The predicted molar refractivity (Wildman–Crippen MR) is 119 cm³/mol. The highest BCUT2D eigenvalue weighted by Crippen LogP contribution is 2.64. The van der Waals surface area contributed by atoms with E-state index in [-0.39, 0.29) is 16.7 Å². The SMILES string of the molecule is CC1CCCC(C)N1C(=O)C1=CC[C@H]2[C@@H]3CC[C@H]4NC(=O)CC[C@]4(C)[C@H]3CC[C@]12C. The molecule has 30 heavy (non-hydrogen) atoms. The van der Waals surface area contributed by atoms with Crippen LogP contribution in [0.25, 0.3) is 0 Å². The van der Waals surface area contributed by atoms with Gasteiger partial charge in [-0.05, 0) is 94.8 Å². The fourth-order valence-electron chi connectivity index (χ4n) is 8.56. The highest BCUT2D eigenvalue weighted by Gasteiger charge is 2.59. The van der Waals surface area contributed by atoms with Crippen LogP contribution < -0.4 is 5.32 Å². The molecule has 5 rings (SSSR count). The van der Waals surface area contributed by atoms with Crippen molar-refractivity contribution in [2.75, 3.05) is 0 Å². The van der Waals surface area contributed by atoms with Gasteiger partial charge in [0.2, 0.25) is 5.91 Å². The Morgan fingerprint density at radius 3 is 2.50 bits per heavy atom. The molecule has 2 saturated heterocycles. The predicted octanol–water partition coefficient (Wildman–Crippen LogP) is 4.83. The summed E-state index contributed by atoms with van der Waals surface area (Å²) >= 11 is 0. The Morgan fingerprint density at radius 1 is 1.03 bits per heavy atom. The Bertz CT molecular complexity index is 765. The van der Waals surface area contributed by atoms with Gasteiger partial charge in [0.1, 0.15) is 0 Å². The van der Waals surface area contributed by atoms with Crippen molar-refractivity contribution in [2.45, 2.75) is 110 Å². The van der Waals surface area contributed by atoms with Crippen LogP contribution in [0.15, 0.2) is 11.6 Å². The molecule has 8 atom stereocenters. The maximum Gasteiger partial charge on any atom is 0.250 e. The number of piperidine rings is 2. The first-order valence-electron chi connectivity index (χ1n) is 12.6. The van der Waals surface area contributed by atoms with Crippen LogP contribution in [0.5, 0.6) is 0 Å². The molecule has 0 bridgehead atoms. The molecule has 2 saturated carbocycles. The van der Waals surface area contributed by atoms with Crippen LogP contribution in [0.4, 0.5) is 0 Å². The van der Waals surface area contributed by atoms with Gasteiger partial charge in [0, 0.05) is 35.5 Å². The molecule has 0 aromatic heterocycles. The number of carbonyl (C=O) groups excluding carboxylic acids is 2. The summed E-state index contributed by atoms with van der Waals surface area (Å²) < 4.78 is 0. The van der Waals surface area contributed by atoms with Gasteiger partial charge in [0.05, 0.1) is 0 Å². The molecular weight excluding hydrogens is 372 g/mol. The zero-order valence-electron chi connectivity index (χ0n) is 19.4. The van der Waals surface area contributed by atoms with Crippen molar-refractivity contribution in [3.63, 3.8) is 0 Å². The molecule has 3 aliphatic carbocycles. The molecule has 166 valence electrons. The Kier molecular flexibility index (Phi) is 4.87. The molecule has 4 fully saturated rings. The number of nitrogens with zero attached hydrogens (tertiary/aromatic N) is 1. The summed E-state index contributed by atoms with van der Waals surface area (Å²) in [4.78, 5) is 28.0. The lowest BCUT2D eigenvalue weighted by atomic mass is 9.47. The molecule has 2 amide bonds. The second-order valence-corrected chi connectivity index (χ2v) is 11.7. The topological polar surface area (TPSA) is 49.4 Å². The minimum Gasteiger partial charge on any atom is -0.353 e. The van der Waals surface area contributed by atoms with Gasteiger partial charge >= 0.3 is 0 Å². The lowest BCUT2D eigenvalue weighted by Gasteiger charge is -2.60. The van der Waals surface area contributed by atoms with Crippen LogP contribution in [-0.2, 0) is 9.59 Å². The van der Waals surface area contributed by atoms with Crippen molar-refractivity contribution >= 4 is 11.8 Å². The first kappa shape index (κ1) is 20.6. The fraction of sp³-hybridized carbons (Fsp3) is 0.846. The van der Waals surface area contributed by atoms with E-state index >= 15 is 0 Å². The fourth-order valence-corrected chi connectivity index (χ4v) is 8.56. The van der Waals surface area contributed by atoms with Gasteiger partial charge in [-0.2, -0.15) is 0 Å². The third-order valence-electron chi connectivity index (χ3n) is 10.3. The molecular formula is C26H40N2O2. The van der Waals surface area contributed by atoms with Gasteiger partial charge in [0.15, 0.2) is 0 Å². The number of fused-ring (bicyclic) bond motifs is 5. The Morgan fingerprint density at radius 2 is 1.77 bits per heavy atom. The van der Waals surface area contributed by atoms with Gasteiger partial charge in [-0.25, -0.2) is 0 Å². The largest absolute Gasteiger partial charge is 0.353 e. The van der Waals surface area contributed by atoms with Gasteiger partial charge in [0.25, 0.3) is 5.91 Å². The molecule has 2 aliphatic heterocycles. The molecule has 4 heteroatoms. The van der Waals surface area contributed by atoms with Gasteiger partial charge in [-0.1, -0.05) is 19.9 Å². The molecule has 1 N–H and O–H groups in total. The number of hydrogen-bond donors (Lipinski definition) is 1. The van der Waals surface area contributed by atoms with Crippen molar-refractivity contribution in [2.24, 2.45) is 28.6 Å². The summed E-state index contributed by atoms with van der Waals surface area (Å²) in [5, 5.41) is 3.33. The zero-order chi connectivity index (χ0) is 21.3. The number of nitrogens with one attached hydrogen (secondary N) is 1. The summed E-state index contributed by atoms with van der Waals surface area (Å²) in [5.41, 5.74) is 1.41. The maximum absolute atomic E-state index is 13.8. The Balaban J connectivity index is 1.39. The van der Waals surface area contributed by atoms with Gasteiger partial charge < -0.3 is 10.2 Å². The third kappa shape index (κ3) is 2.84. The molecule has 0 spiro atoms. The first-order chi connectivity index (χ1) is 14.3. The normalized spacial score (nSPS) is 48.2. The summed E-state index contributed by atoms with van der Waals surface area (Å²) in [6.45, 7) is 9.32. The molecule has 0 aromatic carbocycles. The molecule has 2 heterocycles. The average Bonchev–Trinajstić information content (AvgIpc) is 3.05. The van der Waals surface area contributed by atoms with Crippen molar-refractivity contribution in [1.29, 1.82) is 0 Å². The summed E-state index contributed by atoms with van der Waals surface area (Å²) in [5.74, 6) is 2.56. The van der Waals surface area contributed by atoms with E-state index in [9.17, 15) is 9.59 Å². The minimum absolute atomic E-state index is 0.0379. The van der Waals surface area contributed by atoms with Gasteiger partial charge in [-0.15, -0.1) is 0 Å². The monoisotopic (exact) mass is 412 g/mol. The van der Waals surface area contributed by atoms with Crippen LogP contribution in [-0.4, -0.2) is 34.8 Å². The van der Waals surface area contributed by atoms with Crippen molar-refractivity contribution in [1.82, 2.24) is 10.2 Å². The van der Waals surface area contributed by atoms with Crippen molar-refractivity contribution in [3.8, 4) is 0 Å². The molecule has 4 nitrogen and oxygen atoms in total. The second kappa shape index (κ2) is 7.10. The molecule has 0 radical (unpaired) electrons. The molecule has 0 aromatic rings. The summed E-state index contributed by atoms with van der Waals surface area (Å²) in [7, 11) is 0. The lowest BCUT2D eigenvalue weighted by molar-refractivity contribution is -0.139. The Hall–Kier alpha value is -1.32. The van der Waals surface area contributed by atoms with Gasteiger partial charge in [-0.3, -0.25) is 9.59 Å². The minimum atomic E-state index is 0.0379. The third-order valence-corrected chi connectivity index (χ3v) is 10.3. The second-order valence-electron chi connectivity index (χ2n) is 11.7. The zero-order valence-corrected chi connectivity index (χ0v) is 19.4. The maximum atomic E-state index is 13.8. The van der Waals surface area contributed by atoms with E-state index in [0.717, 1.165) is 44.1 Å². The average molecular weight is 413 g/mol. The van der Waals surface area contributed by atoms with Crippen LogP contribution in [0, 0.1) is 28.6 Å². The highest BCUT2D eigenvalue weighted by molar-refractivity contribution is 5.96. The van der Waals surface area contributed by atoms with E-state index in [0.29, 0.717) is 48.2 Å². The van der Waals surface area contributed by atoms with E-state index in [1.807, 2.05) is 0 Å². The first-order valence-corrected chi connectivity index (χ1v) is 12.6. The number of hydrogen-bond acceptors (Lipinski definition) is 2. The van der Waals surface area contributed by atoms with E-state index in [1.54, 1.807) is 0 Å². The lowest BCUT2D eigenvalue weighted by Crippen LogP contribution is -2.61. The van der Waals surface area contributed by atoms with E-state index in [2.05, 4.69) is 44.0 Å².